The number of hydrogen-bond acceptors (Lipinski definition) is 4. The van der Waals surface area contributed by atoms with E-state index >= 15 is 0 Å². The second-order valence-electron chi connectivity index (χ2n) is 5.73. The number of ether oxygens (including phenoxy) is 1. The summed E-state index contributed by atoms with van der Waals surface area (Å²) in [5.74, 6) is -0.0698. The molecule has 0 bridgehead atoms. The Kier molecular flexibility index (Phi) is 4.45. The van der Waals surface area contributed by atoms with Crippen molar-refractivity contribution in [3.63, 3.8) is 0 Å². The van der Waals surface area contributed by atoms with Crippen LogP contribution in [-0.2, 0) is 16.1 Å². The zero-order valence-electron chi connectivity index (χ0n) is 12.7. The number of carbonyl (C=O) groups excluding carboxylic acids is 1. The van der Waals surface area contributed by atoms with Crippen LogP contribution in [0.4, 0.5) is 0 Å². The third-order valence-corrected chi connectivity index (χ3v) is 3.69. The van der Waals surface area contributed by atoms with E-state index in [9.17, 15) is 4.79 Å². The van der Waals surface area contributed by atoms with E-state index in [-0.39, 0.29) is 5.91 Å². The summed E-state index contributed by atoms with van der Waals surface area (Å²) in [6, 6.07) is 2.37. The fourth-order valence-corrected chi connectivity index (χ4v) is 2.65. The van der Waals surface area contributed by atoms with Crippen molar-refractivity contribution in [2.45, 2.75) is 39.0 Å². The summed E-state index contributed by atoms with van der Waals surface area (Å²) in [4.78, 5) is 14.2. The highest BCUT2D eigenvalue weighted by molar-refractivity contribution is 5.84. The predicted octanol–water partition coefficient (Wildman–Crippen LogP) is 0.801. The van der Waals surface area contributed by atoms with Gasteiger partial charge in [0.25, 0.3) is 5.91 Å². The minimum absolute atomic E-state index is 0.0698. The van der Waals surface area contributed by atoms with Crippen LogP contribution in [0.15, 0.2) is 12.3 Å². The molecule has 1 amide bonds. The normalized spacial score (nSPS) is 24.1. The maximum Gasteiger partial charge on any atom is 0.253 e. The van der Waals surface area contributed by atoms with Gasteiger partial charge in [0, 0.05) is 38.9 Å². The van der Waals surface area contributed by atoms with Crippen LogP contribution in [0.2, 0.25) is 0 Å². The SMILES string of the molecule is CNC(=O)C1(C)CN(Cc2ccnn2C(C)C)CCO1. The Bertz CT molecular complexity index is 471. The lowest BCUT2D eigenvalue weighted by Crippen LogP contribution is -2.57. The monoisotopic (exact) mass is 280 g/mol. The average molecular weight is 280 g/mol. The topological polar surface area (TPSA) is 59.4 Å². The van der Waals surface area contributed by atoms with Gasteiger partial charge in [-0.25, -0.2) is 0 Å². The van der Waals surface area contributed by atoms with Gasteiger partial charge in [-0.05, 0) is 26.8 Å². The van der Waals surface area contributed by atoms with E-state index in [2.05, 4.69) is 29.2 Å². The molecule has 1 saturated heterocycles. The zero-order chi connectivity index (χ0) is 14.8. The lowest BCUT2D eigenvalue weighted by atomic mass is 10.0. The number of rotatable bonds is 4. The van der Waals surface area contributed by atoms with Crippen LogP contribution in [-0.4, -0.2) is 52.9 Å². The third kappa shape index (κ3) is 3.02. The number of morpholine rings is 1. The Morgan fingerprint density at radius 1 is 1.60 bits per heavy atom. The van der Waals surface area contributed by atoms with Crippen LogP contribution in [0.1, 0.15) is 32.5 Å². The molecule has 1 aromatic heterocycles. The molecule has 2 rings (SSSR count). The molecule has 1 N–H and O–H groups in total. The van der Waals surface area contributed by atoms with Gasteiger partial charge in [0.15, 0.2) is 5.60 Å². The van der Waals surface area contributed by atoms with Crippen molar-refractivity contribution < 1.29 is 9.53 Å². The Morgan fingerprint density at radius 3 is 3.00 bits per heavy atom. The van der Waals surface area contributed by atoms with Gasteiger partial charge in [0.1, 0.15) is 0 Å². The second kappa shape index (κ2) is 5.93. The molecule has 20 heavy (non-hydrogen) atoms. The Hall–Kier alpha value is -1.40. The Labute approximate surface area is 120 Å². The van der Waals surface area contributed by atoms with E-state index in [0.29, 0.717) is 19.2 Å². The molecule has 1 aliphatic heterocycles. The first-order chi connectivity index (χ1) is 9.46. The van der Waals surface area contributed by atoms with Crippen LogP contribution in [0, 0.1) is 0 Å². The summed E-state index contributed by atoms with van der Waals surface area (Å²) in [7, 11) is 1.64. The van der Waals surface area contributed by atoms with Crippen molar-refractivity contribution >= 4 is 5.91 Å². The molecule has 6 heteroatoms. The molecule has 1 aliphatic rings. The summed E-state index contributed by atoms with van der Waals surface area (Å²) in [5.41, 5.74) is 0.400. The van der Waals surface area contributed by atoms with Crippen LogP contribution in [0.3, 0.4) is 0 Å². The van der Waals surface area contributed by atoms with Gasteiger partial charge in [-0.1, -0.05) is 0 Å². The number of hydrogen-bond donors (Lipinski definition) is 1. The quantitative estimate of drug-likeness (QED) is 0.886. The number of likely N-dealkylation sites (N-methyl/N-ethyl adjacent to an activating group) is 1. The zero-order valence-corrected chi connectivity index (χ0v) is 12.7. The van der Waals surface area contributed by atoms with Crippen LogP contribution in [0.5, 0.6) is 0 Å². The molecule has 0 aliphatic carbocycles. The van der Waals surface area contributed by atoms with Crippen LogP contribution in [0.25, 0.3) is 0 Å². The molecule has 0 aromatic carbocycles. The summed E-state index contributed by atoms with van der Waals surface area (Å²) in [6.07, 6.45) is 1.83. The standard InChI is InChI=1S/C14H24N4O2/c1-11(2)18-12(5-6-16-18)9-17-7-8-20-14(3,10-17)13(19)15-4/h5-6,11H,7-10H2,1-4H3,(H,15,19). The smallest absolute Gasteiger partial charge is 0.253 e. The van der Waals surface area contributed by atoms with E-state index in [1.165, 1.54) is 5.69 Å². The molecule has 1 unspecified atom stereocenters. The van der Waals surface area contributed by atoms with Crippen LogP contribution >= 0.6 is 0 Å². The third-order valence-electron chi connectivity index (χ3n) is 3.69. The van der Waals surface area contributed by atoms with Crippen molar-refractivity contribution in [2.75, 3.05) is 26.7 Å². The fourth-order valence-electron chi connectivity index (χ4n) is 2.65. The van der Waals surface area contributed by atoms with Crippen molar-refractivity contribution in [3.8, 4) is 0 Å². The van der Waals surface area contributed by atoms with Crippen molar-refractivity contribution in [2.24, 2.45) is 0 Å². The number of nitrogens with one attached hydrogen (secondary N) is 1. The van der Waals surface area contributed by atoms with Gasteiger partial charge in [0.2, 0.25) is 0 Å². The lowest BCUT2D eigenvalue weighted by Gasteiger charge is -2.39. The molecule has 1 atom stereocenters. The molecule has 1 aromatic rings. The number of nitrogens with zero attached hydrogens (tertiary/aromatic N) is 3. The molecule has 112 valence electrons. The highest BCUT2D eigenvalue weighted by Gasteiger charge is 2.38. The lowest BCUT2D eigenvalue weighted by molar-refractivity contribution is -0.156. The molecule has 6 nitrogen and oxygen atoms in total. The molecule has 0 spiro atoms. The summed E-state index contributed by atoms with van der Waals surface area (Å²) >= 11 is 0. The Morgan fingerprint density at radius 2 is 2.35 bits per heavy atom. The first-order valence-corrected chi connectivity index (χ1v) is 7.07. The summed E-state index contributed by atoms with van der Waals surface area (Å²) < 4.78 is 7.69. The van der Waals surface area contributed by atoms with E-state index < -0.39 is 5.60 Å². The first-order valence-electron chi connectivity index (χ1n) is 7.07. The average Bonchev–Trinajstić information content (AvgIpc) is 2.86. The van der Waals surface area contributed by atoms with Crippen molar-refractivity contribution in [3.05, 3.63) is 18.0 Å². The number of aromatic nitrogens is 2. The van der Waals surface area contributed by atoms with E-state index in [1.807, 2.05) is 23.9 Å². The molecule has 0 saturated carbocycles. The maximum atomic E-state index is 11.9. The predicted molar refractivity (Wildman–Crippen MR) is 76.3 cm³/mol. The van der Waals surface area contributed by atoms with Crippen molar-refractivity contribution in [1.82, 2.24) is 20.0 Å². The maximum absolute atomic E-state index is 11.9. The molecular formula is C14H24N4O2. The molecule has 1 fully saturated rings. The second-order valence-corrected chi connectivity index (χ2v) is 5.73. The van der Waals surface area contributed by atoms with E-state index in [4.69, 9.17) is 4.74 Å². The van der Waals surface area contributed by atoms with E-state index in [1.54, 1.807) is 7.05 Å². The summed E-state index contributed by atoms with van der Waals surface area (Å²) in [6.45, 7) is 8.85. The van der Waals surface area contributed by atoms with Gasteiger partial charge < -0.3 is 10.1 Å². The fraction of sp³-hybridized carbons (Fsp3) is 0.714. The summed E-state index contributed by atoms with van der Waals surface area (Å²) in [5, 5.41) is 7.02. The minimum atomic E-state index is -0.768. The minimum Gasteiger partial charge on any atom is -0.363 e. The highest BCUT2D eigenvalue weighted by Crippen LogP contribution is 2.20. The molecular weight excluding hydrogens is 256 g/mol. The molecule has 2 heterocycles. The largest absolute Gasteiger partial charge is 0.363 e. The highest BCUT2D eigenvalue weighted by atomic mass is 16.5. The van der Waals surface area contributed by atoms with Crippen molar-refractivity contribution in [1.29, 1.82) is 0 Å². The molecule has 0 radical (unpaired) electrons. The van der Waals surface area contributed by atoms with Gasteiger partial charge in [-0.2, -0.15) is 5.10 Å². The Balaban J connectivity index is 2.06. The van der Waals surface area contributed by atoms with Gasteiger partial charge in [-0.15, -0.1) is 0 Å². The number of amides is 1. The first kappa shape index (κ1) is 15.0. The van der Waals surface area contributed by atoms with E-state index in [0.717, 1.165) is 13.1 Å². The van der Waals surface area contributed by atoms with Crippen LogP contribution < -0.4 is 5.32 Å². The van der Waals surface area contributed by atoms with Gasteiger partial charge in [-0.3, -0.25) is 14.4 Å². The van der Waals surface area contributed by atoms with Gasteiger partial charge >= 0.3 is 0 Å². The van der Waals surface area contributed by atoms with Gasteiger partial charge in [0.05, 0.1) is 12.3 Å². The number of carbonyl (C=O) groups is 1.